The van der Waals surface area contributed by atoms with Crippen LogP contribution in [0.4, 0.5) is 18.9 Å². The number of nitrogens with zero attached hydrogens (tertiary/aromatic N) is 1. The maximum atomic E-state index is 12.9. The molecule has 0 unspecified atom stereocenters. The van der Waals surface area contributed by atoms with Crippen LogP contribution in [-0.2, 0) is 6.18 Å². The second-order valence-electron chi connectivity index (χ2n) is 4.66. The van der Waals surface area contributed by atoms with Gasteiger partial charge in [-0.2, -0.15) is 13.2 Å². The molecule has 0 fully saturated rings. The second-order valence-corrected chi connectivity index (χ2v) is 4.66. The van der Waals surface area contributed by atoms with E-state index in [4.69, 9.17) is 5.73 Å². The molecule has 2 N–H and O–H groups in total. The highest BCUT2D eigenvalue weighted by atomic mass is 19.4. The van der Waals surface area contributed by atoms with Gasteiger partial charge >= 0.3 is 6.18 Å². The highest BCUT2D eigenvalue weighted by Crippen LogP contribution is 2.35. The predicted molar refractivity (Wildman–Crippen MR) is 76.6 cm³/mol. The number of rotatable bonds is 1. The van der Waals surface area contributed by atoms with Crippen molar-refractivity contribution in [2.45, 2.75) is 6.18 Å². The summed E-state index contributed by atoms with van der Waals surface area (Å²) in [6.07, 6.45) is -4.52. The van der Waals surface area contributed by atoms with E-state index < -0.39 is 11.9 Å². The summed E-state index contributed by atoms with van der Waals surface area (Å²) in [4.78, 5) is 3.78. The predicted octanol–water partition coefficient (Wildman–Crippen LogP) is 4.50. The van der Waals surface area contributed by atoms with Gasteiger partial charge in [-0.3, -0.25) is 0 Å². The van der Waals surface area contributed by atoms with Crippen LogP contribution in [0.1, 0.15) is 5.69 Å². The largest absolute Gasteiger partial charge is 0.433 e. The molecule has 0 atom stereocenters. The van der Waals surface area contributed by atoms with Crippen molar-refractivity contribution in [2.75, 3.05) is 5.73 Å². The lowest BCUT2D eigenvalue weighted by Gasteiger charge is -2.12. The third kappa shape index (κ3) is 2.42. The maximum Gasteiger partial charge on any atom is 0.433 e. The Morgan fingerprint density at radius 2 is 1.62 bits per heavy atom. The molecule has 0 radical (unpaired) electrons. The average Bonchev–Trinajstić information content (AvgIpc) is 2.46. The zero-order valence-electron chi connectivity index (χ0n) is 10.9. The number of hydrogen-bond acceptors (Lipinski definition) is 2. The lowest BCUT2D eigenvalue weighted by molar-refractivity contribution is -0.140. The molecule has 2 nitrogen and oxygen atoms in total. The van der Waals surface area contributed by atoms with Gasteiger partial charge in [-0.1, -0.05) is 48.5 Å². The first-order chi connectivity index (χ1) is 9.97. The Morgan fingerprint density at radius 1 is 0.905 bits per heavy atom. The van der Waals surface area contributed by atoms with Crippen molar-refractivity contribution in [3.05, 3.63) is 60.3 Å². The zero-order chi connectivity index (χ0) is 15.0. The topological polar surface area (TPSA) is 38.9 Å². The van der Waals surface area contributed by atoms with Gasteiger partial charge in [-0.15, -0.1) is 0 Å². The molecule has 0 aliphatic carbocycles. The SMILES string of the molecule is Nc1cc(C(F)(F)F)nc2c(-c3ccccc3)cccc12. The number of aromatic nitrogens is 1. The molecule has 106 valence electrons. The first-order valence-corrected chi connectivity index (χ1v) is 6.28. The van der Waals surface area contributed by atoms with Crippen molar-refractivity contribution < 1.29 is 13.2 Å². The highest BCUT2D eigenvalue weighted by Gasteiger charge is 2.33. The van der Waals surface area contributed by atoms with Crippen LogP contribution >= 0.6 is 0 Å². The van der Waals surface area contributed by atoms with E-state index in [0.29, 0.717) is 10.9 Å². The Morgan fingerprint density at radius 3 is 2.29 bits per heavy atom. The molecule has 0 aliphatic heterocycles. The monoisotopic (exact) mass is 288 g/mol. The molecule has 0 saturated carbocycles. The number of hydrogen-bond donors (Lipinski definition) is 1. The molecule has 0 bridgehead atoms. The Labute approximate surface area is 119 Å². The van der Waals surface area contributed by atoms with Crippen molar-refractivity contribution in [1.82, 2.24) is 4.98 Å². The van der Waals surface area contributed by atoms with Crippen molar-refractivity contribution in [1.29, 1.82) is 0 Å². The van der Waals surface area contributed by atoms with Gasteiger partial charge in [0.25, 0.3) is 0 Å². The molecule has 0 spiro atoms. The van der Waals surface area contributed by atoms with Crippen LogP contribution in [-0.4, -0.2) is 4.98 Å². The van der Waals surface area contributed by atoms with E-state index in [1.54, 1.807) is 18.2 Å². The fourth-order valence-electron chi connectivity index (χ4n) is 2.27. The minimum atomic E-state index is -4.52. The third-order valence-electron chi connectivity index (χ3n) is 3.25. The quantitative estimate of drug-likeness (QED) is 0.716. The van der Waals surface area contributed by atoms with E-state index in [9.17, 15) is 13.2 Å². The number of nitrogens with two attached hydrogens (primary N) is 1. The Balaban J connectivity index is 2.34. The molecule has 3 aromatic rings. The van der Waals surface area contributed by atoms with Crippen molar-refractivity contribution in [3.63, 3.8) is 0 Å². The first-order valence-electron chi connectivity index (χ1n) is 6.28. The lowest BCUT2D eigenvalue weighted by Crippen LogP contribution is -2.09. The number of fused-ring (bicyclic) bond motifs is 1. The molecular formula is C16H11F3N2. The van der Waals surface area contributed by atoms with E-state index in [1.807, 2.05) is 30.3 Å². The summed E-state index contributed by atoms with van der Waals surface area (Å²) >= 11 is 0. The number of halogens is 3. The molecule has 0 saturated heterocycles. The summed E-state index contributed by atoms with van der Waals surface area (Å²) in [7, 11) is 0. The van der Waals surface area contributed by atoms with E-state index in [2.05, 4.69) is 4.98 Å². The Kier molecular flexibility index (Phi) is 3.05. The summed E-state index contributed by atoms with van der Waals surface area (Å²) in [5, 5.41) is 0.518. The Hall–Kier alpha value is -2.56. The second kappa shape index (κ2) is 4.77. The molecule has 2 aromatic carbocycles. The molecule has 21 heavy (non-hydrogen) atoms. The van der Waals surface area contributed by atoms with Gasteiger partial charge in [0.15, 0.2) is 0 Å². The molecule has 1 heterocycles. The first kappa shape index (κ1) is 13.4. The normalized spacial score (nSPS) is 11.8. The number of alkyl halides is 3. The highest BCUT2D eigenvalue weighted by molar-refractivity contribution is 5.99. The molecule has 5 heteroatoms. The van der Waals surface area contributed by atoms with E-state index >= 15 is 0 Å². The number of pyridine rings is 1. The van der Waals surface area contributed by atoms with E-state index in [-0.39, 0.29) is 11.2 Å². The van der Waals surface area contributed by atoms with Crippen molar-refractivity contribution >= 4 is 16.6 Å². The van der Waals surface area contributed by atoms with Crippen molar-refractivity contribution in [2.24, 2.45) is 0 Å². The van der Waals surface area contributed by atoms with Gasteiger partial charge < -0.3 is 5.73 Å². The fraction of sp³-hybridized carbons (Fsp3) is 0.0625. The smallest absolute Gasteiger partial charge is 0.398 e. The summed E-state index contributed by atoms with van der Waals surface area (Å²) < 4.78 is 38.7. The summed E-state index contributed by atoms with van der Waals surface area (Å²) in [5.41, 5.74) is 6.55. The average molecular weight is 288 g/mol. The molecule has 0 aliphatic rings. The summed E-state index contributed by atoms with van der Waals surface area (Å²) in [5.74, 6) is 0. The van der Waals surface area contributed by atoms with Crippen molar-refractivity contribution in [3.8, 4) is 11.1 Å². The molecule has 0 amide bonds. The van der Waals surface area contributed by atoms with Crippen LogP contribution in [0.5, 0.6) is 0 Å². The summed E-state index contributed by atoms with van der Waals surface area (Å²) in [6.45, 7) is 0. The number of benzene rings is 2. The minimum absolute atomic E-state index is 0.0742. The van der Waals surface area contributed by atoms with Crippen LogP contribution in [0, 0.1) is 0 Å². The number of para-hydroxylation sites is 1. The zero-order valence-corrected chi connectivity index (χ0v) is 10.9. The van der Waals surface area contributed by atoms with Gasteiger partial charge in [0.1, 0.15) is 5.69 Å². The molecular weight excluding hydrogens is 277 g/mol. The van der Waals surface area contributed by atoms with Crippen LogP contribution in [0.15, 0.2) is 54.6 Å². The molecule has 1 aromatic heterocycles. The van der Waals surface area contributed by atoms with Crippen LogP contribution in [0.3, 0.4) is 0 Å². The number of nitrogen functional groups attached to an aromatic ring is 1. The summed E-state index contributed by atoms with van der Waals surface area (Å²) in [6, 6.07) is 15.2. The Bertz CT molecular complexity index is 796. The fourth-order valence-corrected chi connectivity index (χ4v) is 2.27. The molecule has 3 rings (SSSR count). The third-order valence-corrected chi connectivity index (χ3v) is 3.25. The minimum Gasteiger partial charge on any atom is -0.398 e. The van der Waals surface area contributed by atoms with Gasteiger partial charge in [0.2, 0.25) is 0 Å². The van der Waals surface area contributed by atoms with Gasteiger partial charge in [0.05, 0.1) is 5.52 Å². The van der Waals surface area contributed by atoms with Crippen LogP contribution in [0.25, 0.3) is 22.0 Å². The van der Waals surface area contributed by atoms with Gasteiger partial charge in [0, 0.05) is 16.6 Å². The van der Waals surface area contributed by atoms with E-state index in [1.165, 1.54) is 0 Å². The standard InChI is InChI=1S/C16H11F3N2/c17-16(18,19)14-9-13(20)12-8-4-7-11(15(12)21-14)10-5-2-1-3-6-10/h1-9H,(H2,20,21). The number of anilines is 1. The van der Waals surface area contributed by atoms with Gasteiger partial charge in [-0.05, 0) is 11.6 Å². The van der Waals surface area contributed by atoms with Crippen LogP contribution in [0.2, 0.25) is 0 Å². The van der Waals surface area contributed by atoms with E-state index in [0.717, 1.165) is 11.6 Å². The maximum absolute atomic E-state index is 12.9. The van der Waals surface area contributed by atoms with Gasteiger partial charge in [-0.25, -0.2) is 4.98 Å². The lowest BCUT2D eigenvalue weighted by atomic mass is 10.0. The van der Waals surface area contributed by atoms with Crippen LogP contribution < -0.4 is 5.73 Å².